The average Bonchev–Trinajstić information content (AvgIpc) is 2.26. The summed E-state index contributed by atoms with van der Waals surface area (Å²) in [5.41, 5.74) is 0. The van der Waals surface area contributed by atoms with Gasteiger partial charge >= 0.3 is 14.5 Å². The Hall–Kier alpha value is 0.452. The first-order chi connectivity index (χ1) is 7.17. The van der Waals surface area contributed by atoms with Crippen LogP contribution in [0.15, 0.2) is 0 Å². The maximum atomic E-state index is 6.13. The van der Waals surface area contributed by atoms with Gasteiger partial charge in [-0.2, -0.15) is 0 Å². The van der Waals surface area contributed by atoms with E-state index in [9.17, 15) is 0 Å². The monoisotopic (exact) mass is 227 g/mol. The molecule has 0 aromatic carbocycles. The van der Waals surface area contributed by atoms with E-state index in [0.717, 1.165) is 5.92 Å². The molecule has 88 valence electrons. The van der Waals surface area contributed by atoms with E-state index in [4.69, 9.17) is 3.79 Å². The fourth-order valence-corrected chi connectivity index (χ4v) is 3.65. The molecule has 1 rings (SSSR count). The van der Waals surface area contributed by atoms with E-state index in [-0.39, 0.29) is 0 Å². The first-order valence-electron chi connectivity index (χ1n) is 6.55. The highest BCUT2D eigenvalue weighted by Gasteiger charge is 2.26. The second kappa shape index (κ2) is 6.91. The van der Waals surface area contributed by atoms with Crippen LogP contribution in [0.5, 0.6) is 0 Å². The molecule has 0 aromatic heterocycles. The predicted octanol–water partition coefficient (Wildman–Crippen LogP) is 2.76. The van der Waals surface area contributed by atoms with Gasteiger partial charge in [0.1, 0.15) is 0 Å². The molecule has 0 amide bonds. The Labute approximate surface area is 99.7 Å². The molecule has 1 fully saturated rings. The van der Waals surface area contributed by atoms with Crippen LogP contribution in [-0.2, 0) is 3.79 Å². The molecule has 15 heavy (non-hydrogen) atoms. The summed E-state index contributed by atoms with van der Waals surface area (Å²) in [5, 5.41) is 0. The minimum atomic E-state index is -0.854. The average molecular weight is 227 g/mol. The third-order valence-corrected chi connectivity index (χ3v) is 4.35. The normalized spacial score (nSPS) is 21.6. The van der Waals surface area contributed by atoms with Gasteiger partial charge in [0.25, 0.3) is 0 Å². The zero-order valence-electron chi connectivity index (χ0n) is 10.8. The van der Waals surface area contributed by atoms with Gasteiger partial charge < -0.3 is 8.69 Å². The molecule has 3 heteroatoms. The predicted molar refractivity (Wildman–Crippen MR) is 67.5 cm³/mol. The molecule has 1 aliphatic heterocycles. The highest BCUT2D eigenvalue weighted by molar-refractivity contribution is 6.48. The maximum absolute atomic E-state index is 6.13. The second-order valence-electron chi connectivity index (χ2n) is 4.90. The third-order valence-electron chi connectivity index (χ3n) is 3.45. The smallest absolute Gasteiger partial charge is 0.454 e. The van der Waals surface area contributed by atoms with Crippen molar-refractivity contribution in [2.75, 3.05) is 19.6 Å². The van der Waals surface area contributed by atoms with Gasteiger partial charge in [0, 0.05) is 6.10 Å². The highest BCUT2D eigenvalue weighted by atomic mass is 27.2. The van der Waals surface area contributed by atoms with E-state index >= 15 is 0 Å². The molecule has 1 unspecified atom stereocenters. The molecule has 0 aliphatic carbocycles. The Kier molecular flexibility index (Phi) is 6.23. The number of hydrogen-bond acceptors (Lipinski definition) is 2. The van der Waals surface area contributed by atoms with Crippen molar-refractivity contribution in [3.63, 3.8) is 0 Å². The fourth-order valence-electron chi connectivity index (χ4n) is 2.53. The Balaban J connectivity index is 2.35. The Morgan fingerprint density at radius 2 is 1.87 bits per heavy atom. The fraction of sp³-hybridized carbons (Fsp3) is 1.00. The van der Waals surface area contributed by atoms with Crippen molar-refractivity contribution in [1.82, 2.24) is 4.90 Å². The van der Waals surface area contributed by atoms with Crippen LogP contribution in [0.4, 0.5) is 0 Å². The Morgan fingerprint density at radius 3 is 2.27 bits per heavy atom. The first-order valence-corrected chi connectivity index (χ1v) is 9.33. The van der Waals surface area contributed by atoms with Crippen LogP contribution in [0.3, 0.4) is 0 Å². The van der Waals surface area contributed by atoms with Gasteiger partial charge in [0.05, 0.1) is 0 Å². The van der Waals surface area contributed by atoms with Crippen molar-refractivity contribution in [1.29, 1.82) is 0 Å². The zero-order valence-corrected chi connectivity index (χ0v) is 12.0. The second-order valence-corrected chi connectivity index (χ2v) is 7.27. The molecule has 0 N–H and O–H groups in total. The molecule has 1 aliphatic rings. The maximum Gasteiger partial charge on any atom is 0.454 e. The molecule has 1 atom stereocenters. The van der Waals surface area contributed by atoms with E-state index < -0.39 is 14.5 Å². The molecule has 1 saturated heterocycles. The zero-order chi connectivity index (χ0) is 11.3. The van der Waals surface area contributed by atoms with Crippen LogP contribution < -0.4 is 0 Å². The number of nitrogens with zero attached hydrogens (tertiary/aromatic N) is 1. The van der Waals surface area contributed by atoms with E-state index in [1.165, 1.54) is 38.9 Å². The van der Waals surface area contributed by atoms with Crippen molar-refractivity contribution in [3.05, 3.63) is 0 Å². The Bertz CT molecular complexity index is 167. The minimum Gasteiger partial charge on any atom is -0.498 e. The van der Waals surface area contributed by atoms with Crippen LogP contribution in [0.25, 0.3) is 0 Å². The lowest BCUT2D eigenvalue weighted by molar-refractivity contribution is 0.0758. The first kappa shape index (κ1) is 13.5. The lowest BCUT2D eigenvalue weighted by atomic mass is 9.90. The van der Waals surface area contributed by atoms with Crippen LogP contribution in [-0.4, -0.2) is 45.1 Å². The molecule has 1 heterocycles. The summed E-state index contributed by atoms with van der Waals surface area (Å²) < 4.78 is 6.13. The quantitative estimate of drug-likeness (QED) is 0.670. The summed E-state index contributed by atoms with van der Waals surface area (Å²) in [6, 6.07) is 0. The summed E-state index contributed by atoms with van der Waals surface area (Å²) in [4.78, 5) is 2.55. The lowest BCUT2D eigenvalue weighted by Crippen LogP contribution is -2.39. The molecule has 0 aromatic rings. The summed E-state index contributed by atoms with van der Waals surface area (Å²) in [6.07, 6.45) is 4.43. The van der Waals surface area contributed by atoms with Crippen molar-refractivity contribution in [3.8, 4) is 0 Å². The molecule has 2 nitrogen and oxygen atoms in total. The molecule has 0 spiro atoms. The summed E-state index contributed by atoms with van der Waals surface area (Å²) >= 11 is -0.854. The topological polar surface area (TPSA) is 12.5 Å². The van der Waals surface area contributed by atoms with Gasteiger partial charge in [-0.1, -0.05) is 25.4 Å². The molecule has 0 radical (unpaired) electrons. The van der Waals surface area contributed by atoms with Gasteiger partial charge in [0.2, 0.25) is 0 Å². The molecule has 0 saturated carbocycles. The molecular formula is C12H26AlNO. The van der Waals surface area contributed by atoms with Gasteiger partial charge in [-0.15, -0.1) is 0 Å². The van der Waals surface area contributed by atoms with Crippen molar-refractivity contribution in [2.24, 2.45) is 5.92 Å². The van der Waals surface area contributed by atoms with E-state index in [1.807, 2.05) is 0 Å². The summed E-state index contributed by atoms with van der Waals surface area (Å²) in [7, 11) is 0. The number of hydrogen-bond donors (Lipinski definition) is 0. The summed E-state index contributed by atoms with van der Waals surface area (Å²) in [6.45, 7) is 8.30. The van der Waals surface area contributed by atoms with Crippen LogP contribution in [0.2, 0.25) is 11.6 Å². The number of piperidine rings is 1. The van der Waals surface area contributed by atoms with Crippen LogP contribution in [0, 0.1) is 5.92 Å². The Morgan fingerprint density at radius 1 is 1.27 bits per heavy atom. The highest BCUT2D eigenvalue weighted by Crippen LogP contribution is 2.24. The number of likely N-dealkylation sites (tertiary alicyclic amines) is 1. The largest absolute Gasteiger partial charge is 0.498 e. The number of rotatable bonds is 5. The van der Waals surface area contributed by atoms with Crippen molar-refractivity contribution in [2.45, 2.75) is 50.8 Å². The van der Waals surface area contributed by atoms with Crippen molar-refractivity contribution >= 4 is 14.5 Å². The molecular weight excluding hydrogens is 201 g/mol. The van der Waals surface area contributed by atoms with E-state index in [0.29, 0.717) is 6.10 Å². The van der Waals surface area contributed by atoms with Gasteiger partial charge in [0.15, 0.2) is 0 Å². The van der Waals surface area contributed by atoms with Crippen LogP contribution >= 0.6 is 0 Å². The van der Waals surface area contributed by atoms with Gasteiger partial charge in [-0.3, -0.25) is 0 Å². The van der Waals surface area contributed by atoms with Gasteiger partial charge in [-0.25, -0.2) is 0 Å². The lowest BCUT2D eigenvalue weighted by Gasteiger charge is -2.36. The third kappa shape index (κ3) is 4.45. The standard InChI is InChI=1S/C10H20NO.2CH3.Al/c1-3-10(12)9-5-7-11(4-2)8-6-9;;;/h9-10H,3-8H2,1-2H3;2*1H3;/q-1;;;+1. The summed E-state index contributed by atoms with van der Waals surface area (Å²) in [5.74, 6) is 5.39. The van der Waals surface area contributed by atoms with Crippen molar-refractivity contribution < 1.29 is 3.79 Å². The van der Waals surface area contributed by atoms with Crippen LogP contribution in [0.1, 0.15) is 33.1 Å². The van der Waals surface area contributed by atoms with Gasteiger partial charge in [-0.05, 0) is 44.8 Å². The van der Waals surface area contributed by atoms with E-state index in [1.54, 1.807) is 0 Å². The minimum absolute atomic E-state index is 0.552. The SMILES string of the molecule is CCC([O][Al]([CH3])[CH3])C1CCN(CC)CC1. The van der Waals surface area contributed by atoms with E-state index in [2.05, 4.69) is 30.3 Å². The molecule has 0 bridgehead atoms.